The fourth-order valence-corrected chi connectivity index (χ4v) is 1.75. The fraction of sp³-hybridized carbons (Fsp3) is 0. The Morgan fingerprint density at radius 3 is 2.75 bits per heavy atom. The zero-order chi connectivity index (χ0) is 11.9. The highest BCUT2D eigenvalue weighted by Gasteiger charge is 2.23. The fourth-order valence-electron chi connectivity index (χ4n) is 1.43. The van der Waals surface area contributed by atoms with Gasteiger partial charge in [-0.2, -0.15) is 0 Å². The van der Waals surface area contributed by atoms with E-state index in [1.54, 1.807) is 6.07 Å². The summed E-state index contributed by atoms with van der Waals surface area (Å²) in [7, 11) is 0. The van der Waals surface area contributed by atoms with Crippen molar-refractivity contribution in [3.8, 4) is 0 Å². The molecule has 0 saturated carbocycles. The Hall–Kier alpha value is -1.75. The lowest BCUT2D eigenvalue weighted by Crippen LogP contribution is -2.34. The van der Waals surface area contributed by atoms with Crippen LogP contribution in [0.15, 0.2) is 33.4 Å². The van der Waals surface area contributed by atoms with E-state index in [9.17, 15) is 9.59 Å². The standard InChI is InChI=1S/C11H6BrNO3/c1-5-8(12)3-2-6-9(5)13-4-7(10(6)14)11(15)16/h2-4H,1H2,(H,15,16). The lowest BCUT2D eigenvalue weighted by Gasteiger charge is -2.07. The van der Waals surface area contributed by atoms with Crippen molar-refractivity contribution < 1.29 is 14.7 Å². The van der Waals surface area contributed by atoms with Gasteiger partial charge in [-0.1, -0.05) is 22.5 Å². The third kappa shape index (κ3) is 1.49. The van der Waals surface area contributed by atoms with Crippen molar-refractivity contribution in [2.75, 3.05) is 0 Å². The second kappa shape index (κ2) is 3.68. The van der Waals surface area contributed by atoms with Gasteiger partial charge >= 0.3 is 5.97 Å². The molecule has 1 N–H and O–H groups in total. The van der Waals surface area contributed by atoms with Crippen LogP contribution in [0.25, 0.3) is 6.58 Å². The number of halogens is 1. The zero-order valence-corrected chi connectivity index (χ0v) is 9.61. The molecule has 0 unspecified atom stereocenters. The van der Waals surface area contributed by atoms with E-state index in [2.05, 4.69) is 27.5 Å². The van der Waals surface area contributed by atoms with Crippen LogP contribution in [0.2, 0.25) is 0 Å². The van der Waals surface area contributed by atoms with Gasteiger partial charge < -0.3 is 5.11 Å². The van der Waals surface area contributed by atoms with Crippen LogP contribution in [0.1, 0.15) is 10.4 Å². The maximum atomic E-state index is 11.8. The number of carboxylic acid groups (broad SMARTS) is 1. The number of ketones is 1. The van der Waals surface area contributed by atoms with Crippen LogP contribution in [0.3, 0.4) is 0 Å². The Labute approximate surface area is 98.8 Å². The van der Waals surface area contributed by atoms with Crippen LogP contribution < -0.4 is 10.6 Å². The molecule has 0 spiro atoms. The summed E-state index contributed by atoms with van der Waals surface area (Å²) in [5.74, 6) is -1.80. The van der Waals surface area contributed by atoms with E-state index in [1.165, 1.54) is 6.07 Å². The van der Waals surface area contributed by atoms with Gasteiger partial charge in [0.15, 0.2) is 0 Å². The average molecular weight is 280 g/mol. The Morgan fingerprint density at radius 2 is 2.12 bits per heavy atom. The molecule has 80 valence electrons. The highest BCUT2D eigenvalue weighted by molar-refractivity contribution is 9.10. The lowest BCUT2D eigenvalue weighted by molar-refractivity contribution is -0.132. The van der Waals surface area contributed by atoms with Gasteiger partial charge in [0.25, 0.3) is 0 Å². The SMILES string of the molecule is C=c1c(Br)ccc2c1=NC=C(C(=O)O)C2=O. The number of fused-ring (bicyclic) bond motifs is 1. The molecule has 0 radical (unpaired) electrons. The Balaban J connectivity index is 2.80. The minimum Gasteiger partial charge on any atom is -0.477 e. The van der Waals surface area contributed by atoms with Crippen LogP contribution in [0.5, 0.6) is 0 Å². The van der Waals surface area contributed by atoms with Crippen LogP contribution >= 0.6 is 15.9 Å². The molecular weight excluding hydrogens is 274 g/mol. The molecule has 1 aliphatic heterocycles. The number of carboxylic acids is 1. The Morgan fingerprint density at radius 1 is 1.44 bits per heavy atom. The number of nitrogens with zero attached hydrogens (tertiary/aromatic N) is 1. The quantitative estimate of drug-likeness (QED) is 0.768. The van der Waals surface area contributed by atoms with Crippen LogP contribution in [0, 0.1) is 0 Å². The van der Waals surface area contributed by atoms with Crippen molar-refractivity contribution in [3.05, 3.63) is 44.5 Å². The number of benzene rings is 1. The third-order valence-corrected chi connectivity index (χ3v) is 3.01. The van der Waals surface area contributed by atoms with Gasteiger partial charge in [0.05, 0.1) is 5.36 Å². The zero-order valence-electron chi connectivity index (χ0n) is 8.03. The molecule has 16 heavy (non-hydrogen) atoms. The molecule has 0 atom stereocenters. The molecule has 1 aromatic rings. The summed E-state index contributed by atoms with van der Waals surface area (Å²) >= 11 is 3.27. The van der Waals surface area contributed by atoms with Crippen molar-refractivity contribution in [1.29, 1.82) is 0 Å². The van der Waals surface area contributed by atoms with E-state index in [0.717, 1.165) is 10.7 Å². The van der Waals surface area contributed by atoms with Gasteiger partial charge in [0, 0.05) is 21.5 Å². The van der Waals surface area contributed by atoms with Crippen molar-refractivity contribution in [2.45, 2.75) is 0 Å². The van der Waals surface area contributed by atoms with Gasteiger partial charge in [0.1, 0.15) is 5.57 Å². The lowest BCUT2D eigenvalue weighted by atomic mass is 10.0. The molecule has 0 aromatic heterocycles. The predicted molar refractivity (Wildman–Crippen MR) is 60.5 cm³/mol. The summed E-state index contributed by atoms with van der Waals surface area (Å²) in [5, 5.41) is 9.78. The van der Waals surface area contributed by atoms with Crippen molar-refractivity contribution in [3.63, 3.8) is 0 Å². The molecule has 1 aromatic carbocycles. The summed E-state index contributed by atoms with van der Waals surface area (Å²) in [6.07, 6.45) is 1.06. The van der Waals surface area contributed by atoms with Gasteiger partial charge in [-0.05, 0) is 12.1 Å². The minimum atomic E-state index is -1.27. The predicted octanol–water partition coefficient (Wildman–Crippen LogP) is 0.644. The Kier molecular flexibility index (Phi) is 2.47. The van der Waals surface area contributed by atoms with E-state index < -0.39 is 11.8 Å². The molecule has 1 aliphatic rings. The second-order valence-electron chi connectivity index (χ2n) is 3.23. The number of carbonyl (C=O) groups is 2. The number of hydrogen-bond acceptors (Lipinski definition) is 3. The monoisotopic (exact) mass is 279 g/mol. The Bertz CT molecular complexity index is 646. The highest BCUT2D eigenvalue weighted by atomic mass is 79.9. The molecule has 0 saturated heterocycles. The second-order valence-corrected chi connectivity index (χ2v) is 4.08. The number of aliphatic carboxylic acids is 1. The first-order valence-electron chi connectivity index (χ1n) is 4.36. The number of carbonyl (C=O) groups excluding carboxylic acids is 1. The van der Waals surface area contributed by atoms with E-state index in [-0.39, 0.29) is 11.1 Å². The van der Waals surface area contributed by atoms with E-state index in [1.807, 2.05) is 0 Å². The van der Waals surface area contributed by atoms with Crippen molar-refractivity contribution in [1.82, 2.24) is 0 Å². The van der Waals surface area contributed by atoms with Gasteiger partial charge in [0.2, 0.25) is 5.78 Å². The molecule has 4 nitrogen and oxygen atoms in total. The van der Waals surface area contributed by atoms with Crippen LogP contribution in [-0.4, -0.2) is 16.9 Å². The van der Waals surface area contributed by atoms with Crippen molar-refractivity contribution >= 4 is 34.3 Å². The maximum absolute atomic E-state index is 11.8. The molecule has 0 fully saturated rings. The summed E-state index contributed by atoms with van der Waals surface area (Å²) in [6.45, 7) is 3.77. The molecule has 2 rings (SSSR count). The summed E-state index contributed by atoms with van der Waals surface area (Å²) in [5.41, 5.74) is -0.0534. The normalized spacial score (nSPS) is 13.8. The van der Waals surface area contributed by atoms with Crippen LogP contribution in [-0.2, 0) is 4.79 Å². The van der Waals surface area contributed by atoms with E-state index >= 15 is 0 Å². The first kappa shape index (κ1) is 10.8. The van der Waals surface area contributed by atoms with Gasteiger partial charge in [-0.15, -0.1) is 0 Å². The average Bonchev–Trinajstić information content (AvgIpc) is 2.23. The van der Waals surface area contributed by atoms with Crippen LogP contribution in [0.4, 0.5) is 0 Å². The molecule has 0 bridgehead atoms. The first-order chi connectivity index (χ1) is 7.52. The maximum Gasteiger partial charge on any atom is 0.341 e. The smallest absolute Gasteiger partial charge is 0.341 e. The first-order valence-corrected chi connectivity index (χ1v) is 5.15. The topological polar surface area (TPSA) is 66.7 Å². The van der Waals surface area contributed by atoms with E-state index in [0.29, 0.717) is 10.6 Å². The summed E-state index contributed by atoms with van der Waals surface area (Å²) < 4.78 is 0.731. The molecular formula is C11H6BrNO3. The highest BCUT2D eigenvalue weighted by Crippen LogP contribution is 2.10. The number of Topliss-reactive ketones (excluding diaryl/α,β-unsaturated/α-hetero) is 1. The summed E-state index contributed by atoms with van der Waals surface area (Å²) in [6, 6.07) is 3.19. The molecule has 0 aliphatic carbocycles. The molecule has 0 amide bonds. The third-order valence-electron chi connectivity index (χ3n) is 2.27. The molecule has 1 heterocycles. The van der Waals surface area contributed by atoms with Crippen molar-refractivity contribution in [2.24, 2.45) is 4.99 Å². The van der Waals surface area contributed by atoms with Gasteiger partial charge in [-0.3, -0.25) is 9.79 Å². The minimum absolute atomic E-state index is 0.271. The van der Waals surface area contributed by atoms with E-state index in [4.69, 9.17) is 5.11 Å². The van der Waals surface area contributed by atoms with Gasteiger partial charge in [-0.25, -0.2) is 4.79 Å². The number of hydrogen-bond donors (Lipinski definition) is 1. The molecule has 5 heteroatoms. The largest absolute Gasteiger partial charge is 0.477 e. The summed E-state index contributed by atoms with van der Waals surface area (Å²) in [4.78, 5) is 26.5. The number of rotatable bonds is 1.